The van der Waals surface area contributed by atoms with Crippen molar-refractivity contribution >= 4 is 17.0 Å². The van der Waals surface area contributed by atoms with Crippen molar-refractivity contribution in [1.29, 1.82) is 0 Å². The molecule has 2 aromatic rings. The second kappa shape index (κ2) is 4.92. The number of anilines is 1. The first-order valence-electron chi connectivity index (χ1n) is 7.18. The van der Waals surface area contributed by atoms with Crippen molar-refractivity contribution in [2.75, 3.05) is 19.0 Å². The maximum Gasteiger partial charge on any atom is 0.165 e. The number of rotatable bonds is 5. The number of aryl methyl sites for hydroxylation is 1. The minimum atomic E-state index is -0.608. The standard InChI is InChI=1S/C14H21N5O2/c1-8-4-14(8,6-20)10(21)5-19-7-16-11-12(15-3)17-9(2)18-13(11)19/h7-8,10,20-21H,4-6H2,1-3H3,(H,15,17,18). The van der Waals surface area contributed by atoms with Crippen molar-refractivity contribution < 1.29 is 10.2 Å². The van der Waals surface area contributed by atoms with Crippen molar-refractivity contribution in [3.8, 4) is 0 Å². The van der Waals surface area contributed by atoms with Crippen molar-refractivity contribution in [3.63, 3.8) is 0 Å². The summed E-state index contributed by atoms with van der Waals surface area (Å²) in [5.41, 5.74) is 1.02. The maximum atomic E-state index is 10.5. The van der Waals surface area contributed by atoms with Gasteiger partial charge in [-0.25, -0.2) is 15.0 Å². The van der Waals surface area contributed by atoms with Crippen LogP contribution in [0.15, 0.2) is 6.33 Å². The minimum Gasteiger partial charge on any atom is -0.396 e. The van der Waals surface area contributed by atoms with Gasteiger partial charge in [0.15, 0.2) is 11.5 Å². The number of nitrogens with one attached hydrogen (secondary N) is 1. The van der Waals surface area contributed by atoms with E-state index in [9.17, 15) is 10.2 Å². The highest BCUT2D eigenvalue weighted by Crippen LogP contribution is 2.54. The Morgan fingerprint density at radius 2 is 2.24 bits per heavy atom. The summed E-state index contributed by atoms with van der Waals surface area (Å²) in [6.45, 7) is 4.27. The lowest BCUT2D eigenvalue weighted by Crippen LogP contribution is -2.31. The van der Waals surface area contributed by atoms with E-state index in [1.54, 1.807) is 13.4 Å². The zero-order valence-electron chi connectivity index (χ0n) is 12.5. The summed E-state index contributed by atoms with van der Waals surface area (Å²) >= 11 is 0. The summed E-state index contributed by atoms with van der Waals surface area (Å²) in [4.78, 5) is 13.1. The highest BCUT2D eigenvalue weighted by atomic mass is 16.3. The van der Waals surface area contributed by atoms with E-state index in [4.69, 9.17) is 0 Å². The lowest BCUT2D eigenvalue weighted by molar-refractivity contribution is 0.0308. The van der Waals surface area contributed by atoms with Crippen LogP contribution in [0.1, 0.15) is 19.2 Å². The van der Waals surface area contributed by atoms with Crippen LogP contribution >= 0.6 is 0 Å². The first-order valence-corrected chi connectivity index (χ1v) is 7.18. The van der Waals surface area contributed by atoms with Crippen LogP contribution in [0.2, 0.25) is 0 Å². The van der Waals surface area contributed by atoms with Gasteiger partial charge in [0.2, 0.25) is 0 Å². The van der Waals surface area contributed by atoms with Gasteiger partial charge in [0.25, 0.3) is 0 Å². The quantitative estimate of drug-likeness (QED) is 0.745. The molecule has 0 bridgehead atoms. The van der Waals surface area contributed by atoms with E-state index in [2.05, 4.69) is 27.2 Å². The minimum absolute atomic E-state index is 0.0116. The number of hydrogen-bond acceptors (Lipinski definition) is 6. The predicted octanol–water partition coefficient (Wildman–Crippen LogP) is 0.556. The summed E-state index contributed by atoms with van der Waals surface area (Å²) in [6, 6.07) is 0. The highest BCUT2D eigenvalue weighted by Gasteiger charge is 2.55. The van der Waals surface area contributed by atoms with Crippen LogP contribution in [0.4, 0.5) is 5.82 Å². The molecule has 3 N–H and O–H groups in total. The van der Waals surface area contributed by atoms with Crippen molar-refractivity contribution in [1.82, 2.24) is 19.5 Å². The second-order valence-corrected chi connectivity index (χ2v) is 5.95. The number of aromatic nitrogens is 4. The second-order valence-electron chi connectivity index (χ2n) is 5.95. The van der Waals surface area contributed by atoms with Gasteiger partial charge in [-0.3, -0.25) is 0 Å². The molecular formula is C14H21N5O2. The van der Waals surface area contributed by atoms with Crippen molar-refractivity contribution in [3.05, 3.63) is 12.2 Å². The van der Waals surface area contributed by atoms with E-state index in [1.807, 2.05) is 11.5 Å². The van der Waals surface area contributed by atoms with Crippen LogP contribution in [-0.2, 0) is 6.54 Å². The lowest BCUT2D eigenvalue weighted by atomic mass is 9.97. The fourth-order valence-corrected chi connectivity index (χ4v) is 3.03. The Labute approximate surface area is 123 Å². The Bertz CT molecular complexity index is 667. The molecule has 7 nitrogen and oxygen atoms in total. The summed E-state index contributed by atoms with van der Waals surface area (Å²) in [5, 5.41) is 23.0. The molecule has 2 heterocycles. The van der Waals surface area contributed by atoms with Gasteiger partial charge in [-0.15, -0.1) is 0 Å². The fourth-order valence-electron chi connectivity index (χ4n) is 3.03. The third kappa shape index (κ3) is 2.16. The Morgan fingerprint density at radius 3 is 2.81 bits per heavy atom. The highest BCUT2D eigenvalue weighted by molar-refractivity contribution is 5.82. The van der Waals surface area contributed by atoms with E-state index in [0.29, 0.717) is 35.3 Å². The summed E-state index contributed by atoms with van der Waals surface area (Å²) in [6.07, 6.45) is 1.91. The Kier molecular flexibility index (Phi) is 3.33. The van der Waals surface area contributed by atoms with Gasteiger partial charge in [0.1, 0.15) is 11.3 Å². The number of hydrogen-bond donors (Lipinski definition) is 3. The van der Waals surface area contributed by atoms with Gasteiger partial charge in [-0.1, -0.05) is 6.92 Å². The third-order valence-electron chi connectivity index (χ3n) is 4.65. The van der Waals surface area contributed by atoms with Crippen LogP contribution in [0.25, 0.3) is 11.2 Å². The predicted molar refractivity (Wildman–Crippen MR) is 78.9 cm³/mol. The van der Waals surface area contributed by atoms with E-state index >= 15 is 0 Å². The third-order valence-corrected chi connectivity index (χ3v) is 4.65. The molecule has 1 saturated carbocycles. The molecule has 0 amide bonds. The number of fused-ring (bicyclic) bond motifs is 1. The molecule has 3 atom stereocenters. The average molecular weight is 291 g/mol. The van der Waals surface area contributed by atoms with Crippen molar-refractivity contribution in [2.45, 2.75) is 32.9 Å². The van der Waals surface area contributed by atoms with Crippen LogP contribution < -0.4 is 5.32 Å². The molecule has 0 radical (unpaired) electrons. The van der Waals surface area contributed by atoms with Crippen LogP contribution in [0.5, 0.6) is 0 Å². The number of aliphatic hydroxyl groups is 2. The zero-order chi connectivity index (χ0) is 15.2. The lowest BCUT2D eigenvalue weighted by Gasteiger charge is -2.21. The van der Waals surface area contributed by atoms with Crippen molar-refractivity contribution in [2.24, 2.45) is 11.3 Å². The average Bonchev–Trinajstić information content (AvgIpc) is 2.99. The van der Waals surface area contributed by atoms with E-state index in [1.165, 1.54) is 0 Å². The molecule has 0 aromatic carbocycles. The largest absolute Gasteiger partial charge is 0.396 e. The summed E-state index contributed by atoms with van der Waals surface area (Å²) < 4.78 is 1.83. The monoisotopic (exact) mass is 291 g/mol. The summed E-state index contributed by atoms with van der Waals surface area (Å²) in [5.74, 6) is 1.68. The smallest absolute Gasteiger partial charge is 0.165 e. The fraction of sp³-hybridized carbons (Fsp3) is 0.643. The van der Waals surface area contributed by atoms with Gasteiger partial charge < -0.3 is 20.1 Å². The molecule has 114 valence electrons. The van der Waals surface area contributed by atoms with Crippen LogP contribution in [0, 0.1) is 18.3 Å². The van der Waals surface area contributed by atoms with E-state index < -0.39 is 6.10 Å². The Hall–Kier alpha value is -1.73. The SMILES string of the molecule is CNc1nc(C)nc2c1ncn2CC(O)C1(CO)CC1C. The normalized spacial score (nSPS) is 26.0. The first kappa shape index (κ1) is 14.2. The van der Waals surface area contributed by atoms with Crippen LogP contribution in [-0.4, -0.2) is 49.5 Å². The van der Waals surface area contributed by atoms with Gasteiger partial charge in [0, 0.05) is 12.5 Å². The zero-order valence-corrected chi connectivity index (χ0v) is 12.5. The maximum absolute atomic E-state index is 10.5. The number of aliphatic hydroxyl groups excluding tert-OH is 2. The molecule has 0 aliphatic heterocycles. The molecule has 2 aromatic heterocycles. The topological polar surface area (TPSA) is 96.1 Å². The molecule has 3 unspecified atom stereocenters. The number of nitrogens with zero attached hydrogens (tertiary/aromatic N) is 4. The first-order chi connectivity index (χ1) is 10.0. The van der Waals surface area contributed by atoms with Crippen LogP contribution in [0.3, 0.4) is 0 Å². The molecule has 3 rings (SSSR count). The molecule has 0 saturated heterocycles. The summed E-state index contributed by atoms with van der Waals surface area (Å²) in [7, 11) is 1.79. The van der Waals surface area contributed by atoms with Gasteiger partial charge in [-0.05, 0) is 19.3 Å². The Balaban J connectivity index is 1.93. The molecule has 21 heavy (non-hydrogen) atoms. The van der Waals surface area contributed by atoms with Gasteiger partial charge in [-0.2, -0.15) is 0 Å². The molecule has 7 heteroatoms. The molecule has 1 aliphatic carbocycles. The van der Waals surface area contributed by atoms with E-state index in [0.717, 1.165) is 6.42 Å². The Morgan fingerprint density at radius 1 is 1.52 bits per heavy atom. The number of imidazole rings is 1. The molecule has 0 spiro atoms. The van der Waals surface area contributed by atoms with Gasteiger partial charge in [0.05, 0.1) is 25.6 Å². The van der Waals surface area contributed by atoms with Gasteiger partial charge >= 0.3 is 0 Å². The molecule has 1 aliphatic rings. The van der Waals surface area contributed by atoms with E-state index in [-0.39, 0.29) is 12.0 Å². The molecule has 1 fully saturated rings. The molecular weight excluding hydrogens is 270 g/mol.